The second kappa shape index (κ2) is 8.70. The van der Waals surface area contributed by atoms with Gasteiger partial charge in [0.2, 0.25) is 0 Å². The second-order valence-electron chi connectivity index (χ2n) is 6.62. The maximum atomic E-state index is 12.4. The highest BCUT2D eigenvalue weighted by Crippen LogP contribution is 2.29. The third kappa shape index (κ3) is 4.54. The minimum Gasteiger partial charge on any atom is -0.370 e. The molecule has 2 amide bonds. The molecular weight excluding hydrogens is 326 g/mol. The minimum absolute atomic E-state index is 0.0855. The number of nitrogens with zero attached hydrogens (tertiary/aromatic N) is 2. The summed E-state index contributed by atoms with van der Waals surface area (Å²) in [4.78, 5) is 16.2. The van der Waals surface area contributed by atoms with Gasteiger partial charge in [0.25, 0.3) is 0 Å². The van der Waals surface area contributed by atoms with Gasteiger partial charge < -0.3 is 15.0 Å². The Morgan fingerprint density at radius 1 is 1.23 bits per heavy atom. The third-order valence-corrected chi connectivity index (χ3v) is 4.37. The summed E-state index contributed by atoms with van der Waals surface area (Å²) in [7, 11) is 3.93. The summed E-state index contributed by atoms with van der Waals surface area (Å²) in [6.45, 7) is 2.73. The van der Waals surface area contributed by atoms with Gasteiger partial charge in [-0.25, -0.2) is 4.79 Å². The molecule has 1 saturated heterocycles. The summed E-state index contributed by atoms with van der Waals surface area (Å²) in [5.41, 5.74) is 1.13. The lowest BCUT2D eigenvalue weighted by Gasteiger charge is -2.33. The van der Waals surface area contributed by atoms with E-state index in [2.05, 4.69) is 41.4 Å². The number of hydrogen-bond donors (Lipinski definition) is 1. The van der Waals surface area contributed by atoms with E-state index in [1.807, 2.05) is 42.1 Å². The quantitative estimate of drug-likeness (QED) is 0.864. The molecule has 0 bridgehead atoms. The number of hydrogen-bond acceptors (Lipinski definition) is 3. The maximum absolute atomic E-state index is 12.4. The molecule has 26 heavy (non-hydrogen) atoms. The number of urea groups is 1. The zero-order chi connectivity index (χ0) is 18.4. The molecule has 1 aliphatic rings. The molecule has 3 rings (SSSR count). The van der Waals surface area contributed by atoms with Gasteiger partial charge in [-0.3, -0.25) is 4.90 Å². The van der Waals surface area contributed by atoms with Gasteiger partial charge in [0.05, 0.1) is 26.2 Å². The summed E-state index contributed by atoms with van der Waals surface area (Å²) in [5, 5.41) is 5.24. The first-order chi connectivity index (χ1) is 12.6. The first-order valence-electron chi connectivity index (χ1n) is 8.87. The van der Waals surface area contributed by atoms with Crippen molar-refractivity contribution in [1.29, 1.82) is 0 Å². The fourth-order valence-electron chi connectivity index (χ4n) is 3.06. The van der Waals surface area contributed by atoms with Crippen molar-refractivity contribution in [1.82, 2.24) is 15.1 Å². The van der Waals surface area contributed by atoms with Crippen molar-refractivity contribution in [3.63, 3.8) is 0 Å². The molecule has 5 nitrogen and oxygen atoms in total. The van der Waals surface area contributed by atoms with Gasteiger partial charge in [-0.2, -0.15) is 0 Å². The normalized spacial score (nSPS) is 17.0. The zero-order valence-electron chi connectivity index (χ0n) is 15.4. The monoisotopic (exact) mass is 351 g/mol. The lowest BCUT2D eigenvalue weighted by Crippen LogP contribution is -2.47. The molecule has 1 heterocycles. The SMILES string of the molecule is CN(C)CC#CCNC(=O)N1CCOC(c2cccc3ccccc23)C1. The first kappa shape index (κ1) is 18.2. The van der Waals surface area contributed by atoms with Crippen molar-refractivity contribution in [2.45, 2.75) is 6.10 Å². The molecule has 1 fully saturated rings. The van der Waals surface area contributed by atoms with Crippen LogP contribution < -0.4 is 5.32 Å². The molecule has 2 aromatic carbocycles. The Morgan fingerprint density at radius 3 is 2.88 bits per heavy atom. The number of amides is 2. The van der Waals surface area contributed by atoms with Crippen LogP contribution in [0, 0.1) is 11.8 Å². The van der Waals surface area contributed by atoms with Gasteiger partial charge in [0.15, 0.2) is 0 Å². The van der Waals surface area contributed by atoms with Gasteiger partial charge in [-0.05, 0) is 30.4 Å². The Morgan fingerprint density at radius 2 is 2.04 bits per heavy atom. The van der Waals surface area contributed by atoms with Crippen LogP contribution in [-0.4, -0.2) is 62.7 Å². The standard InChI is InChI=1S/C21H25N3O2/c1-23(2)13-6-5-12-22-21(25)24-14-15-26-20(16-24)19-11-7-9-17-8-3-4-10-18(17)19/h3-4,7-11,20H,12-16H2,1-2H3,(H,22,25). The van der Waals surface area contributed by atoms with Crippen LogP contribution in [0.15, 0.2) is 42.5 Å². The van der Waals surface area contributed by atoms with Gasteiger partial charge in [0, 0.05) is 6.54 Å². The van der Waals surface area contributed by atoms with Crippen LogP contribution >= 0.6 is 0 Å². The lowest BCUT2D eigenvalue weighted by atomic mass is 9.99. The molecule has 1 N–H and O–H groups in total. The Kier molecular flexibility index (Phi) is 6.11. The average molecular weight is 351 g/mol. The molecule has 0 radical (unpaired) electrons. The number of benzene rings is 2. The van der Waals surface area contributed by atoms with Crippen molar-refractivity contribution in [2.24, 2.45) is 0 Å². The number of nitrogens with one attached hydrogen (secondary N) is 1. The highest BCUT2D eigenvalue weighted by Gasteiger charge is 2.26. The fourth-order valence-corrected chi connectivity index (χ4v) is 3.06. The van der Waals surface area contributed by atoms with Crippen molar-refractivity contribution in [3.05, 3.63) is 48.0 Å². The predicted octanol–water partition coefficient (Wildman–Crippen LogP) is 2.49. The van der Waals surface area contributed by atoms with Crippen LogP contribution in [0.2, 0.25) is 0 Å². The maximum Gasteiger partial charge on any atom is 0.318 e. The van der Waals surface area contributed by atoms with Crippen LogP contribution in [-0.2, 0) is 4.74 Å². The van der Waals surface area contributed by atoms with E-state index >= 15 is 0 Å². The summed E-state index contributed by atoms with van der Waals surface area (Å²) in [6, 6.07) is 14.4. The Balaban J connectivity index is 1.63. The molecule has 1 unspecified atom stereocenters. The van der Waals surface area contributed by atoms with E-state index in [0.717, 1.165) is 5.56 Å². The van der Waals surface area contributed by atoms with Crippen molar-refractivity contribution >= 4 is 16.8 Å². The number of morpholine rings is 1. The molecule has 0 aliphatic carbocycles. The van der Waals surface area contributed by atoms with Crippen LogP contribution in [0.25, 0.3) is 10.8 Å². The summed E-state index contributed by atoms with van der Waals surface area (Å²) >= 11 is 0. The molecule has 136 valence electrons. The van der Waals surface area contributed by atoms with E-state index < -0.39 is 0 Å². The van der Waals surface area contributed by atoms with Crippen molar-refractivity contribution < 1.29 is 9.53 Å². The van der Waals surface area contributed by atoms with Crippen LogP contribution in [0.1, 0.15) is 11.7 Å². The fraction of sp³-hybridized carbons (Fsp3) is 0.381. The molecular formula is C21H25N3O2. The summed E-state index contributed by atoms with van der Waals surface area (Å²) in [6.07, 6.45) is -0.111. The molecule has 0 aromatic heterocycles. The van der Waals surface area contributed by atoms with E-state index in [1.165, 1.54) is 10.8 Å². The second-order valence-corrected chi connectivity index (χ2v) is 6.62. The number of rotatable bonds is 3. The van der Waals surface area contributed by atoms with Gasteiger partial charge in [0.1, 0.15) is 6.10 Å². The van der Waals surface area contributed by atoms with E-state index in [-0.39, 0.29) is 12.1 Å². The molecule has 1 aliphatic heterocycles. The summed E-state index contributed by atoms with van der Waals surface area (Å²) in [5.74, 6) is 5.99. The van der Waals surface area contributed by atoms with Gasteiger partial charge >= 0.3 is 6.03 Å². The minimum atomic E-state index is -0.111. The topological polar surface area (TPSA) is 44.8 Å². The Hall–Kier alpha value is -2.55. The van der Waals surface area contributed by atoms with Gasteiger partial charge in [-0.1, -0.05) is 54.3 Å². The zero-order valence-corrected chi connectivity index (χ0v) is 15.4. The number of carbonyl (C=O) groups is 1. The smallest absolute Gasteiger partial charge is 0.318 e. The highest BCUT2D eigenvalue weighted by molar-refractivity contribution is 5.86. The average Bonchev–Trinajstić information content (AvgIpc) is 2.67. The molecule has 5 heteroatoms. The van der Waals surface area contributed by atoms with E-state index in [9.17, 15) is 4.79 Å². The van der Waals surface area contributed by atoms with Crippen molar-refractivity contribution in [3.8, 4) is 11.8 Å². The summed E-state index contributed by atoms with van der Waals surface area (Å²) < 4.78 is 5.97. The van der Waals surface area contributed by atoms with Crippen LogP contribution in [0.4, 0.5) is 4.79 Å². The van der Waals surface area contributed by atoms with Crippen LogP contribution in [0.3, 0.4) is 0 Å². The lowest BCUT2D eigenvalue weighted by molar-refractivity contribution is -0.0145. The third-order valence-electron chi connectivity index (χ3n) is 4.37. The van der Waals surface area contributed by atoms with Crippen LogP contribution in [0.5, 0.6) is 0 Å². The molecule has 0 saturated carbocycles. The first-order valence-corrected chi connectivity index (χ1v) is 8.87. The Bertz CT molecular complexity index is 817. The Labute approximate surface area is 154 Å². The molecule has 2 aromatic rings. The molecule has 1 atom stereocenters. The van der Waals surface area contributed by atoms with E-state index in [4.69, 9.17) is 4.74 Å². The highest BCUT2D eigenvalue weighted by atomic mass is 16.5. The van der Waals surface area contributed by atoms with E-state index in [1.54, 1.807) is 0 Å². The number of ether oxygens (including phenoxy) is 1. The number of carbonyl (C=O) groups excluding carboxylic acids is 1. The van der Waals surface area contributed by atoms with Gasteiger partial charge in [-0.15, -0.1) is 0 Å². The predicted molar refractivity (Wildman–Crippen MR) is 104 cm³/mol. The van der Waals surface area contributed by atoms with E-state index in [0.29, 0.717) is 32.8 Å². The number of fused-ring (bicyclic) bond motifs is 1. The largest absolute Gasteiger partial charge is 0.370 e. The molecule has 0 spiro atoms. The van der Waals surface area contributed by atoms with Crippen molar-refractivity contribution in [2.75, 3.05) is 46.9 Å².